The Bertz CT molecular complexity index is 743. The summed E-state index contributed by atoms with van der Waals surface area (Å²) in [6.45, 7) is 2.21. The molecule has 0 spiro atoms. The van der Waals surface area contributed by atoms with Crippen LogP contribution in [0.25, 0.3) is 0 Å². The van der Waals surface area contributed by atoms with Gasteiger partial charge < -0.3 is 4.74 Å². The molecule has 27 heavy (non-hydrogen) atoms. The zero-order valence-electron chi connectivity index (χ0n) is 15.7. The fraction of sp³-hybridized carbons (Fsp3) is 0.381. The van der Waals surface area contributed by atoms with Crippen molar-refractivity contribution >= 4 is 16.1 Å². The molecule has 0 aliphatic rings. The van der Waals surface area contributed by atoms with Crippen molar-refractivity contribution in [3.05, 3.63) is 60.7 Å². The highest BCUT2D eigenvalue weighted by Gasteiger charge is 2.06. The number of unbranched alkanes of at least 4 members (excludes halogenated alkanes) is 5. The van der Waals surface area contributed by atoms with Gasteiger partial charge >= 0.3 is 5.97 Å². The number of para-hydroxylation sites is 1. The zero-order valence-corrected chi connectivity index (χ0v) is 16.5. The Kier molecular flexibility index (Phi) is 11.1. The van der Waals surface area contributed by atoms with E-state index in [0.717, 1.165) is 12.8 Å². The quantitative estimate of drug-likeness (QED) is 0.272. The third kappa shape index (κ3) is 11.2. The average Bonchev–Trinajstić information content (AvgIpc) is 2.66. The van der Waals surface area contributed by atoms with Crippen molar-refractivity contribution in [2.45, 2.75) is 56.8 Å². The largest absolute Gasteiger partial charge is 0.427 e. The first kappa shape index (κ1) is 22.9. The minimum Gasteiger partial charge on any atom is -0.427 e. The zero-order chi connectivity index (χ0) is 20.0. The number of benzene rings is 2. The molecular formula is C21H28O5S. The van der Waals surface area contributed by atoms with Gasteiger partial charge in [0.2, 0.25) is 0 Å². The number of esters is 1. The Morgan fingerprint density at radius 3 is 1.89 bits per heavy atom. The fourth-order valence-corrected chi connectivity index (χ4v) is 2.81. The monoisotopic (exact) mass is 392 g/mol. The number of rotatable bonds is 9. The predicted octanol–water partition coefficient (Wildman–Crippen LogP) is 5.28. The first-order valence-electron chi connectivity index (χ1n) is 9.21. The third-order valence-corrected chi connectivity index (χ3v) is 4.62. The lowest BCUT2D eigenvalue weighted by molar-refractivity contribution is -0.134. The maximum Gasteiger partial charge on any atom is 0.311 e. The summed E-state index contributed by atoms with van der Waals surface area (Å²) in [5.74, 6) is 0.523. The Hall–Kier alpha value is -2.18. The maximum absolute atomic E-state index is 11.5. The van der Waals surface area contributed by atoms with Crippen molar-refractivity contribution in [2.75, 3.05) is 0 Å². The van der Waals surface area contributed by atoms with Gasteiger partial charge in [0.05, 0.1) is 4.90 Å². The molecule has 0 heterocycles. The van der Waals surface area contributed by atoms with Gasteiger partial charge in [-0.25, -0.2) is 0 Å². The number of hydrogen-bond acceptors (Lipinski definition) is 4. The van der Waals surface area contributed by atoms with Crippen LogP contribution in [0, 0.1) is 0 Å². The predicted molar refractivity (Wildman–Crippen MR) is 106 cm³/mol. The summed E-state index contributed by atoms with van der Waals surface area (Å²) in [6.07, 6.45) is 7.67. The van der Waals surface area contributed by atoms with Crippen LogP contribution in [0.3, 0.4) is 0 Å². The van der Waals surface area contributed by atoms with Crippen LogP contribution < -0.4 is 4.74 Å². The Balaban J connectivity index is 0.000000309. The molecule has 6 heteroatoms. The number of hydrogen-bond donors (Lipinski definition) is 1. The standard InChI is InChI=1S/C15H22O2.C6H6O3S/c1-2-3-4-5-6-10-13-15(16)17-14-11-8-7-9-12-14;7-10(8,9)6-4-2-1-3-5-6/h7-9,11-12H,2-6,10,13H2,1H3;1-5H,(H,7,8,9). The smallest absolute Gasteiger partial charge is 0.311 e. The molecule has 0 unspecified atom stereocenters. The van der Waals surface area contributed by atoms with E-state index in [2.05, 4.69) is 6.92 Å². The van der Waals surface area contributed by atoms with Gasteiger partial charge in [0.1, 0.15) is 5.75 Å². The van der Waals surface area contributed by atoms with E-state index in [1.165, 1.54) is 37.8 Å². The van der Waals surface area contributed by atoms with Gasteiger partial charge in [-0.15, -0.1) is 0 Å². The molecule has 0 fully saturated rings. The van der Waals surface area contributed by atoms with E-state index in [9.17, 15) is 13.2 Å². The van der Waals surface area contributed by atoms with Crippen LogP contribution in [0.2, 0.25) is 0 Å². The van der Waals surface area contributed by atoms with E-state index in [4.69, 9.17) is 9.29 Å². The lowest BCUT2D eigenvalue weighted by atomic mass is 10.1. The van der Waals surface area contributed by atoms with E-state index in [-0.39, 0.29) is 10.9 Å². The second kappa shape index (κ2) is 13.1. The normalized spacial score (nSPS) is 10.6. The van der Waals surface area contributed by atoms with E-state index >= 15 is 0 Å². The van der Waals surface area contributed by atoms with Gasteiger partial charge in [0.25, 0.3) is 10.1 Å². The fourth-order valence-electron chi connectivity index (χ4n) is 2.31. The highest BCUT2D eigenvalue weighted by atomic mass is 32.2. The molecule has 0 aromatic heterocycles. The molecule has 148 valence electrons. The molecule has 2 aromatic carbocycles. The summed E-state index contributed by atoms with van der Waals surface area (Å²) in [5, 5.41) is 0. The molecule has 0 amide bonds. The number of carbonyl (C=O) groups excluding carboxylic acids is 1. The van der Waals surface area contributed by atoms with E-state index < -0.39 is 10.1 Å². The molecule has 5 nitrogen and oxygen atoms in total. The van der Waals surface area contributed by atoms with Crippen LogP contribution in [0.4, 0.5) is 0 Å². The van der Waals surface area contributed by atoms with Crippen LogP contribution in [0.15, 0.2) is 65.6 Å². The van der Waals surface area contributed by atoms with Gasteiger partial charge in [0, 0.05) is 6.42 Å². The van der Waals surface area contributed by atoms with Crippen molar-refractivity contribution in [1.29, 1.82) is 0 Å². The van der Waals surface area contributed by atoms with Gasteiger partial charge in [-0.1, -0.05) is 75.4 Å². The SMILES string of the molecule is CCCCCCCCC(=O)Oc1ccccc1.O=S(=O)(O)c1ccccc1. The Labute approximate surface area is 162 Å². The maximum atomic E-state index is 11.5. The average molecular weight is 393 g/mol. The van der Waals surface area contributed by atoms with Crippen molar-refractivity contribution in [2.24, 2.45) is 0 Å². The minimum absolute atomic E-state index is 0.0741. The second-order valence-electron chi connectivity index (χ2n) is 6.09. The first-order chi connectivity index (χ1) is 12.9. The lowest BCUT2D eigenvalue weighted by Gasteiger charge is -2.03. The summed E-state index contributed by atoms with van der Waals surface area (Å²) < 4.78 is 34.4. The summed E-state index contributed by atoms with van der Waals surface area (Å²) in [6, 6.07) is 16.7. The summed E-state index contributed by atoms with van der Waals surface area (Å²) in [4.78, 5) is 11.4. The summed E-state index contributed by atoms with van der Waals surface area (Å²) in [5.41, 5.74) is 0. The van der Waals surface area contributed by atoms with E-state index in [0.29, 0.717) is 12.2 Å². The Morgan fingerprint density at radius 1 is 0.852 bits per heavy atom. The molecule has 0 saturated heterocycles. The van der Waals surface area contributed by atoms with Gasteiger partial charge in [0.15, 0.2) is 0 Å². The summed E-state index contributed by atoms with van der Waals surface area (Å²) >= 11 is 0. The van der Waals surface area contributed by atoms with E-state index in [1.807, 2.05) is 18.2 Å². The van der Waals surface area contributed by atoms with Crippen LogP contribution in [-0.4, -0.2) is 18.9 Å². The molecule has 2 aromatic rings. The second-order valence-corrected chi connectivity index (χ2v) is 7.51. The van der Waals surface area contributed by atoms with Crippen LogP contribution in [0.5, 0.6) is 5.75 Å². The minimum atomic E-state index is -4.00. The molecule has 2 rings (SSSR count). The first-order valence-corrected chi connectivity index (χ1v) is 10.7. The van der Waals surface area contributed by atoms with Crippen molar-refractivity contribution in [3.63, 3.8) is 0 Å². The molecule has 0 radical (unpaired) electrons. The van der Waals surface area contributed by atoms with Gasteiger partial charge in [-0.2, -0.15) is 8.42 Å². The molecule has 0 atom stereocenters. The van der Waals surface area contributed by atoms with Crippen LogP contribution >= 0.6 is 0 Å². The van der Waals surface area contributed by atoms with Crippen molar-refractivity contribution in [1.82, 2.24) is 0 Å². The number of ether oxygens (including phenoxy) is 1. The third-order valence-electron chi connectivity index (χ3n) is 3.75. The molecule has 0 saturated carbocycles. The number of carbonyl (C=O) groups is 1. The summed E-state index contributed by atoms with van der Waals surface area (Å²) in [7, 11) is -4.00. The van der Waals surface area contributed by atoms with Crippen molar-refractivity contribution < 1.29 is 22.5 Å². The van der Waals surface area contributed by atoms with Gasteiger partial charge in [-0.05, 0) is 30.7 Å². The van der Waals surface area contributed by atoms with Crippen LogP contribution in [0.1, 0.15) is 51.9 Å². The lowest BCUT2D eigenvalue weighted by Crippen LogP contribution is -2.07. The molecule has 0 aliphatic carbocycles. The molecule has 0 aliphatic heterocycles. The highest BCUT2D eigenvalue weighted by molar-refractivity contribution is 7.85. The van der Waals surface area contributed by atoms with Crippen LogP contribution in [-0.2, 0) is 14.9 Å². The Morgan fingerprint density at radius 2 is 1.37 bits per heavy atom. The molecule has 0 bridgehead atoms. The van der Waals surface area contributed by atoms with E-state index in [1.54, 1.807) is 30.3 Å². The van der Waals surface area contributed by atoms with Crippen molar-refractivity contribution in [3.8, 4) is 5.75 Å². The van der Waals surface area contributed by atoms with Gasteiger partial charge in [-0.3, -0.25) is 9.35 Å². The topological polar surface area (TPSA) is 80.7 Å². The highest BCUT2D eigenvalue weighted by Crippen LogP contribution is 2.11. The molecule has 1 N–H and O–H groups in total. The molecular weight excluding hydrogens is 364 g/mol.